The lowest BCUT2D eigenvalue weighted by molar-refractivity contribution is 0.0757. The molecule has 4 aromatic rings. The Bertz CT molecular complexity index is 1490. The van der Waals surface area contributed by atoms with Crippen LogP contribution in [0.3, 0.4) is 0 Å². The third kappa shape index (κ3) is 4.22. The first-order valence-electron chi connectivity index (χ1n) is 11.3. The lowest BCUT2D eigenvalue weighted by Crippen LogP contribution is -2.33. The van der Waals surface area contributed by atoms with Gasteiger partial charge in [0.25, 0.3) is 5.91 Å². The lowest BCUT2D eigenvalue weighted by atomic mass is 9.79. The molecule has 0 bridgehead atoms. The molecule has 0 fully saturated rings. The van der Waals surface area contributed by atoms with Crippen molar-refractivity contribution in [3.05, 3.63) is 77.2 Å². The second-order valence-electron chi connectivity index (χ2n) is 8.95. The van der Waals surface area contributed by atoms with Crippen molar-refractivity contribution in [2.24, 2.45) is 7.05 Å². The molecule has 3 heterocycles. The third-order valence-electron chi connectivity index (χ3n) is 6.37. The highest BCUT2D eigenvalue weighted by molar-refractivity contribution is 5.94. The Balaban J connectivity index is 1.36. The number of carbonyl (C=O) groups excluding carboxylic acids is 1. The van der Waals surface area contributed by atoms with Crippen molar-refractivity contribution in [3.8, 4) is 23.1 Å². The van der Waals surface area contributed by atoms with Gasteiger partial charge in [0.2, 0.25) is 5.88 Å². The number of carbonyl (C=O) groups is 1. The average molecular weight is 468 g/mol. The number of hydrogen-bond donors (Lipinski definition) is 1. The first kappa shape index (κ1) is 22.6. The van der Waals surface area contributed by atoms with Gasteiger partial charge < -0.3 is 14.8 Å². The molecule has 0 saturated heterocycles. The van der Waals surface area contributed by atoms with E-state index in [1.807, 2.05) is 44.4 Å². The molecule has 5 rings (SSSR count). The number of nitrogens with zero attached hydrogens (tertiary/aromatic N) is 4. The lowest BCUT2D eigenvalue weighted by Gasteiger charge is -2.30. The van der Waals surface area contributed by atoms with Crippen LogP contribution in [0.5, 0.6) is 5.88 Å². The van der Waals surface area contributed by atoms with Gasteiger partial charge in [-0.25, -0.2) is 0 Å². The molecule has 0 saturated carbocycles. The molecule has 0 unspecified atom stereocenters. The van der Waals surface area contributed by atoms with E-state index >= 15 is 0 Å². The van der Waals surface area contributed by atoms with Gasteiger partial charge in [-0.3, -0.25) is 14.5 Å². The Kier molecular flexibility index (Phi) is 5.71. The van der Waals surface area contributed by atoms with Crippen LogP contribution in [0, 0.1) is 11.3 Å². The molecule has 8 heteroatoms. The number of nitriles is 1. The van der Waals surface area contributed by atoms with E-state index in [1.54, 1.807) is 30.1 Å². The van der Waals surface area contributed by atoms with Crippen molar-refractivity contribution < 1.29 is 14.3 Å². The molecule has 0 spiro atoms. The topological polar surface area (TPSA) is 102 Å². The summed E-state index contributed by atoms with van der Waals surface area (Å²) in [5.74, 6) is 0.354. The Morgan fingerprint density at radius 2 is 2.11 bits per heavy atom. The average Bonchev–Trinajstić information content (AvgIpc) is 3.27. The van der Waals surface area contributed by atoms with Gasteiger partial charge in [0.1, 0.15) is 5.41 Å². The number of fused-ring (bicyclic) bond motifs is 2. The van der Waals surface area contributed by atoms with Gasteiger partial charge in [-0.15, -0.1) is 5.10 Å². The molecule has 1 aliphatic rings. The maximum Gasteiger partial charge on any atom is 0.251 e. The molecule has 1 aliphatic heterocycles. The van der Waals surface area contributed by atoms with Crippen LogP contribution in [0.25, 0.3) is 21.9 Å². The summed E-state index contributed by atoms with van der Waals surface area (Å²) in [7, 11) is 3.46. The van der Waals surface area contributed by atoms with E-state index in [0.29, 0.717) is 24.7 Å². The van der Waals surface area contributed by atoms with E-state index in [0.717, 1.165) is 38.7 Å². The number of aryl methyl sites for hydroxylation is 1. The number of hydrogen-bond acceptors (Lipinski definition) is 6. The SMILES string of the molecule is COc1nn(C)cc1-c1ccc2cnc(CNC(=O)c3ccc4c(c3)[C@](C)(C#N)COC4)cc2c1. The molecule has 2 aromatic carbocycles. The molecule has 35 heavy (non-hydrogen) atoms. The first-order chi connectivity index (χ1) is 16.9. The molecule has 1 atom stereocenters. The van der Waals surface area contributed by atoms with Crippen molar-refractivity contribution in [3.63, 3.8) is 0 Å². The van der Waals surface area contributed by atoms with E-state index in [4.69, 9.17) is 9.47 Å². The quantitative estimate of drug-likeness (QED) is 0.478. The maximum atomic E-state index is 12.9. The fraction of sp³-hybridized carbons (Fsp3) is 0.259. The van der Waals surface area contributed by atoms with E-state index in [2.05, 4.69) is 27.5 Å². The summed E-state index contributed by atoms with van der Waals surface area (Å²) in [5, 5.41) is 18.9. The number of methoxy groups -OCH3 is 1. The van der Waals surface area contributed by atoms with Crippen molar-refractivity contribution in [2.75, 3.05) is 13.7 Å². The Morgan fingerprint density at radius 3 is 2.91 bits per heavy atom. The highest BCUT2D eigenvalue weighted by atomic mass is 16.5. The number of rotatable bonds is 5. The molecular formula is C27H25N5O3. The minimum absolute atomic E-state index is 0.213. The minimum atomic E-state index is -0.765. The van der Waals surface area contributed by atoms with Crippen LogP contribution < -0.4 is 10.1 Å². The van der Waals surface area contributed by atoms with Gasteiger partial charge in [-0.05, 0) is 53.3 Å². The van der Waals surface area contributed by atoms with Crippen molar-refractivity contribution in [2.45, 2.75) is 25.5 Å². The zero-order valence-corrected chi connectivity index (χ0v) is 19.8. The summed E-state index contributed by atoms with van der Waals surface area (Å²) >= 11 is 0. The third-order valence-corrected chi connectivity index (χ3v) is 6.37. The molecular weight excluding hydrogens is 442 g/mol. The summed E-state index contributed by atoms with van der Waals surface area (Å²) in [6, 6.07) is 15.8. The fourth-order valence-corrected chi connectivity index (χ4v) is 4.43. The first-order valence-corrected chi connectivity index (χ1v) is 11.3. The second kappa shape index (κ2) is 8.85. The number of pyridine rings is 1. The zero-order chi connectivity index (χ0) is 24.6. The smallest absolute Gasteiger partial charge is 0.251 e. The Hall–Kier alpha value is -4.22. The van der Waals surface area contributed by atoms with E-state index in [-0.39, 0.29) is 12.5 Å². The van der Waals surface area contributed by atoms with Gasteiger partial charge in [0.15, 0.2) is 0 Å². The molecule has 1 N–H and O–H groups in total. The molecule has 1 amide bonds. The number of ether oxygens (including phenoxy) is 2. The van der Waals surface area contributed by atoms with Crippen molar-refractivity contribution in [1.29, 1.82) is 5.26 Å². The van der Waals surface area contributed by atoms with Crippen LogP contribution in [0.1, 0.15) is 34.1 Å². The van der Waals surface area contributed by atoms with Crippen LogP contribution in [-0.4, -0.2) is 34.4 Å². The van der Waals surface area contributed by atoms with E-state index < -0.39 is 5.41 Å². The predicted octanol–water partition coefficient (Wildman–Crippen LogP) is 3.89. The molecule has 0 radical (unpaired) electrons. The number of aromatic nitrogens is 3. The standard InChI is InChI=1S/C27H25N5O3/c1-27(15-28)16-35-14-20-7-5-18(10-24(20)27)25(33)30-12-22-9-21-8-17(4-6-19(21)11-29-22)23-13-32(2)31-26(23)34-3/h4-11,13H,12,14,16H2,1-3H3,(H,30,33)/t27-/m1/s1. The minimum Gasteiger partial charge on any atom is -0.479 e. The molecule has 2 aromatic heterocycles. The van der Waals surface area contributed by atoms with Crippen LogP contribution >= 0.6 is 0 Å². The molecule has 8 nitrogen and oxygen atoms in total. The summed E-state index contributed by atoms with van der Waals surface area (Å²) < 4.78 is 12.7. The summed E-state index contributed by atoms with van der Waals surface area (Å²) in [6.07, 6.45) is 3.72. The molecule has 176 valence electrons. The second-order valence-corrected chi connectivity index (χ2v) is 8.95. The predicted molar refractivity (Wildman–Crippen MR) is 131 cm³/mol. The summed E-state index contributed by atoms with van der Waals surface area (Å²) in [5.41, 5.74) is 4.18. The highest BCUT2D eigenvalue weighted by Crippen LogP contribution is 2.33. The van der Waals surface area contributed by atoms with E-state index in [1.165, 1.54) is 0 Å². The monoisotopic (exact) mass is 467 g/mol. The number of amides is 1. The van der Waals surface area contributed by atoms with E-state index in [9.17, 15) is 10.1 Å². The van der Waals surface area contributed by atoms with Crippen LogP contribution in [0.4, 0.5) is 0 Å². The van der Waals surface area contributed by atoms with Crippen LogP contribution in [0.2, 0.25) is 0 Å². The van der Waals surface area contributed by atoms with Gasteiger partial charge in [0, 0.05) is 30.4 Å². The van der Waals surface area contributed by atoms with Gasteiger partial charge >= 0.3 is 0 Å². The normalized spacial score (nSPS) is 17.0. The summed E-state index contributed by atoms with van der Waals surface area (Å²) in [6.45, 7) is 2.88. The maximum absolute atomic E-state index is 12.9. The Morgan fingerprint density at radius 1 is 1.26 bits per heavy atom. The highest BCUT2D eigenvalue weighted by Gasteiger charge is 2.33. The Labute approximate surface area is 203 Å². The summed E-state index contributed by atoms with van der Waals surface area (Å²) in [4.78, 5) is 17.4. The zero-order valence-electron chi connectivity index (χ0n) is 19.8. The van der Waals surface area contributed by atoms with Crippen molar-refractivity contribution in [1.82, 2.24) is 20.1 Å². The molecule has 0 aliphatic carbocycles. The van der Waals surface area contributed by atoms with Gasteiger partial charge in [-0.2, -0.15) is 5.26 Å². The van der Waals surface area contributed by atoms with Crippen molar-refractivity contribution >= 4 is 16.7 Å². The number of benzene rings is 2. The van der Waals surface area contributed by atoms with Gasteiger partial charge in [0.05, 0.1) is 44.2 Å². The van der Waals surface area contributed by atoms with Crippen LogP contribution in [0.15, 0.2) is 54.9 Å². The fourth-order valence-electron chi connectivity index (χ4n) is 4.43. The largest absolute Gasteiger partial charge is 0.479 e. The van der Waals surface area contributed by atoms with Crippen LogP contribution in [-0.2, 0) is 30.4 Å². The number of nitrogens with one attached hydrogen (secondary N) is 1. The van der Waals surface area contributed by atoms with Gasteiger partial charge in [-0.1, -0.05) is 18.2 Å².